The Labute approximate surface area is 153 Å². The zero-order valence-corrected chi connectivity index (χ0v) is 15.3. The maximum atomic E-state index is 12.5. The minimum atomic E-state index is -0.357. The van der Waals surface area contributed by atoms with E-state index in [9.17, 15) is 9.59 Å². The molecule has 0 radical (unpaired) electrons. The van der Waals surface area contributed by atoms with Crippen LogP contribution in [0.2, 0.25) is 0 Å². The van der Waals surface area contributed by atoms with E-state index in [-0.39, 0.29) is 17.9 Å². The molecule has 0 aromatic carbocycles. The van der Waals surface area contributed by atoms with Gasteiger partial charge in [-0.3, -0.25) is 14.9 Å². The van der Waals surface area contributed by atoms with Crippen molar-refractivity contribution in [2.45, 2.75) is 38.3 Å². The van der Waals surface area contributed by atoms with Crippen LogP contribution in [0.3, 0.4) is 0 Å². The van der Waals surface area contributed by atoms with E-state index in [1.807, 2.05) is 22.4 Å². The molecule has 0 aliphatic carbocycles. The predicted molar refractivity (Wildman–Crippen MR) is 96.9 cm³/mol. The van der Waals surface area contributed by atoms with Gasteiger partial charge in [-0.1, -0.05) is 17.4 Å². The highest BCUT2D eigenvalue weighted by atomic mass is 32.1. The monoisotopic (exact) mass is 377 g/mol. The number of amides is 2. The summed E-state index contributed by atoms with van der Waals surface area (Å²) in [5.74, 6) is 0.0284. The molecule has 6 nitrogen and oxygen atoms in total. The standard InChI is InChI=1S/C17H19N3O3S2/c21-15(9-11-3-2-8-24-11)20-6-5-12-14(10-20)25-17(18-12)19-16(22)13-4-1-7-23-13/h2-3,8,13H,1,4-7,9-10H2,(H,18,19,22). The Morgan fingerprint density at radius 1 is 1.44 bits per heavy atom. The molecular formula is C17H19N3O3S2. The number of anilines is 1. The fourth-order valence-electron chi connectivity index (χ4n) is 3.11. The predicted octanol–water partition coefficient (Wildman–Crippen LogP) is 2.45. The Morgan fingerprint density at radius 2 is 2.36 bits per heavy atom. The first-order valence-electron chi connectivity index (χ1n) is 8.40. The van der Waals surface area contributed by atoms with Crippen LogP contribution in [-0.2, 0) is 33.7 Å². The van der Waals surface area contributed by atoms with Crippen molar-refractivity contribution in [3.8, 4) is 0 Å². The quantitative estimate of drug-likeness (QED) is 0.888. The Hall–Kier alpha value is -1.77. The fraction of sp³-hybridized carbons (Fsp3) is 0.471. The van der Waals surface area contributed by atoms with Gasteiger partial charge in [0.1, 0.15) is 6.10 Å². The molecule has 0 saturated carbocycles. The molecule has 2 amide bonds. The van der Waals surface area contributed by atoms with Gasteiger partial charge in [0, 0.05) is 29.3 Å². The van der Waals surface area contributed by atoms with Crippen LogP contribution in [0.5, 0.6) is 0 Å². The second-order valence-electron chi connectivity index (χ2n) is 6.20. The molecule has 132 valence electrons. The highest BCUT2D eigenvalue weighted by Crippen LogP contribution is 2.29. The molecule has 0 bridgehead atoms. The van der Waals surface area contributed by atoms with Crippen LogP contribution in [0.4, 0.5) is 5.13 Å². The second kappa shape index (κ2) is 7.23. The van der Waals surface area contributed by atoms with Crippen molar-refractivity contribution in [2.75, 3.05) is 18.5 Å². The molecule has 0 spiro atoms. The van der Waals surface area contributed by atoms with Crippen molar-refractivity contribution in [3.05, 3.63) is 33.0 Å². The maximum Gasteiger partial charge on any atom is 0.255 e. The van der Waals surface area contributed by atoms with E-state index in [1.54, 1.807) is 11.3 Å². The molecular weight excluding hydrogens is 358 g/mol. The van der Waals surface area contributed by atoms with Crippen LogP contribution in [0.25, 0.3) is 0 Å². The smallest absolute Gasteiger partial charge is 0.255 e. The Balaban J connectivity index is 1.38. The summed E-state index contributed by atoms with van der Waals surface area (Å²) >= 11 is 3.07. The lowest BCUT2D eigenvalue weighted by Crippen LogP contribution is -2.36. The number of rotatable bonds is 4. The summed E-state index contributed by atoms with van der Waals surface area (Å²) in [6, 6.07) is 3.96. The van der Waals surface area contributed by atoms with Gasteiger partial charge in [0.05, 0.1) is 18.7 Å². The van der Waals surface area contributed by atoms with E-state index in [0.717, 1.165) is 34.7 Å². The van der Waals surface area contributed by atoms with Gasteiger partial charge in [-0.15, -0.1) is 11.3 Å². The third kappa shape index (κ3) is 3.75. The zero-order valence-electron chi connectivity index (χ0n) is 13.7. The molecule has 1 saturated heterocycles. The largest absolute Gasteiger partial charge is 0.368 e. The number of aromatic nitrogens is 1. The van der Waals surface area contributed by atoms with Crippen LogP contribution >= 0.6 is 22.7 Å². The van der Waals surface area contributed by atoms with Gasteiger partial charge in [0.2, 0.25) is 5.91 Å². The van der Waals surface area contributed by atoms with Crippen LogP contribution in [-0.4, -0.2) is 41.0 Å². The Bertz CT molecular complexity index is 766. The molecule has 1 unspecified atom stereocenters. The number of nitrogens with zero attached hydrogens (tertiary/aromatic N) is 2. The molecule has 1 fully saturated rings. The number of thiophene rings is 1. The van der Waals surface area contributed by atoms with Gasteiger partial charge in [0.25, 0.3) is 5.91 Å². The highest BCUT2D eigenvalue weighted by Gasteiger charge is 2.27. The van der Waals surface area contributed by atoms with E-state index in [2.05, 4.69) is 10.3 Å². The second-order valence-corrected chi connectivity index (χ2v) is 8.32. The van der Waals surface area contributed by atoms with E-state index >= 15 is 0 Å². The number of hydrogen-bond donors (Lipinski definition) is 1. The third-order valence-electron chi connectivity index (χ3n) is 4.44. The van der Waals surface area contributed by atoms with Crippen molar-refractivity contribution in [3.63, 3.8) is 0 Å². The summed E-state index contributed by atoms with van der Waals surface area (Å²) in [6.07, 6.45) is 2.52. The maximum absolute atomic E-state index is 12.5. The number of thiazole rings is 1. The normalized spacial score (nSPS) is 19.7. The van der Waals surface area contributed by atoms with Crippen LogP contribution in [0.1, 0.15) is 28.3 Å². The summed E-state index contributed by atoms with van der Waals surface area (Å²) in [6.45, 7) is 1.90. The van der Waals surface area contributed by atoms with Crippen LogP contribution in [0, 0.1) is 0 Å². The SMILES string of the molecule is O=C(Nc1nc2c(s1)CN(C(=O)Cc1cccs1)CC2)C1CCCO1. The number of fused-ring (bicyclic) bond motifs is 1. The van der Waals surface area contributed by atoms with Crippen molar-refractivity contribution in [1.29, 1.82) is 0 Å². The van der Waals surface area contributed by atoms with E-state index in [1.165, 1.54) is 11.3 Å². The molecule has 1 atom stereocenters. The first-order valence-corrected chi connectivity index (χ1v) is 10.1. The lowest BCUT2D eigenvalue weighted by Gasteiger charge is -2.25. The average Bonchev–Trinajstić information content (AvgIpc) is 3.35. The van der Waals surface area contributed by atoms with Gasteiger partial charge in [-0.2, -0.15) is 0 Å². The summed E-state index contributed by atoms with van der Waals surface area (Å²) in [4.78, 5) is 33.2. The van der Waals surface area contributed by atoms with Gasteiger partial charge in [0.15, 0.2) is 5.13 Å². The molecule has 2 aromatic rings. The summed E-state index contributed by atoms with van der Waals surface area (Å²) in [7, 11) is 0. The van der Waals surface area contributed by atoms with Crippen molar-refractivity contribution in [2.24, 2.45) is 0 Å². The van der Waals surface area contributed by atoms with Gasteiger partial charge in [-0.05, 0) is 24.3 Å². The van der Waals surface area contributed by atoms with E-state index < -0.39 is 0 Å². The minimum Gasteiger partial charge on any atom is -0.368 e. The Kier molecular flexibility index (Phi) is 4.82. The van der Waals surface area contributed by atoms with Gasteiger partial charge >= 0.3 is 0 Å². The van der Waals surface area contributed by atoms with Crippen LogP contribution < -0.4 is 5.32 Å². The van der Waals surface area contributed by atoms with Crippen molar-refractivity contribution in [1.82, 2.24) is 9.88 Å². The Morgan fingerprint density at radius 3 is 3.12 bits per heavy atom. The van der Waals surface area contributed by atoms with Crippen LogP contribution in [0.15, 0.2) is 17.5 Å². The first kappa shape index (κ1) is 16.7. The molecule has 2 aliphatic heterocycles. The molecule has 8 heteroatoms. The van der Waals surface area contributed by atoms with E-state index in [4.69, 9.17) is 4.74 Å². The third-order valence-corrected chi connectivity index (χ3v) is 6.32. The van der Waals surface area contributed by atoms with Gasteiger partial charge < -0.3 is 9.64 Å². The molecule has 25 heavy (non-hydrogen) atoms. The van der Waals surface area contributed by atoms with Gasteiger partial charge in [-0.25, -0.2) is 4.98 Å². The molecule has 1 N–H and O–H groups in total. The topological polar surface area (TPSA) is 71.5 Å². The summed E-state index contributed by atoms with van der Waals surface area (Å²) in [5, 5.41) is 5.46. The number of carbonyl (C=O) groups excluding carboxylic acids is 2. The summed E-state index contributed by atoms with van der Waals surface area (Å²) in [5.41, 5.74) is 0.993. The fourth-order valence-corrected chi connectivity index (χ4v) is 4.83. The zero-order chi connectivity index (χ0) is 17.2. The average molecular weight is 377 g/mol. The summed E-state index contributed by atoms with van der Waals surface area (Å²) < 4.78 is 5.40. The molecule has 2 aliphatic rings. The lowest BCUT2D eigenvalue weighted by atomic mass is 10.1. The first-order chi connectivity index (χ1) is 12.2. The molecule has 4 heterocycles. The number of hydrogen-bond acceptors (Lipinski definition) is 6. The number of ether oxygens (including phenoxy) is 1. The lowest BCUT2D eigenvalue weighted by molar-refractivity contribution is -0.131. The minimum absolute atomic E-state index is 0.116. The van der Waals surface area contributed by atoms with Crippen molar-refractivity contribution < 1.29 is 14.3 Å². The molecule has 4 rings (SSSR count). The number of carbonyl (C=O) groups is 2. The van der Waals surface area contributed by atoms with E-state index in [0.29, 0.717) is 31.2 Å². The molecule has 2 aromatic heterocycles. The number of nitrogens with one attached hydrogen (secondary N) is 1. The highest BCUT2D eigenvalue weighted by molar-refractivity contribution is 7.15. The van der Waals surface area contributed by atoms with Crippen molar-refractivity contribution >= 4 is 39.6 Å².